The first-order valence-corrected chi connectivity index (χ1v) is 12.7. The van der Waals surface area contributed by atoms with Gasteiger partial charge in [-0.05, 0) is 54.1 Å². The quantitative estimate of drug-likeness (QED) is 0.213. The Labute approximate surface area is 235 Å². The zero-order valence-electron chi connectivity index (χ0n) is 22.0. The lowest BCUT2D eigenvalue weighted by atomic mass is 10.1. The van der Waals surface area contributed by atoms with Gasteiger partial charge in [0.25, 0.3) is 11.8 Å². The molecule has 0 bridgehead atoms. The molecule has 0 saturated carbocycles. The Kier molecular flexibility index (Phi) is 8.05. The minimum Gasteiger partial charge on any atom is -0.497 e. The monoisotopic (exact) mass is 552 g/mol. The molecule has 0 unspecified atom stereocenters. The van der Waals surface area contributed by atoms with Gasteiger partial charge in [0, 0.05) is 17.2 Å². The molecular formula is C32H25FN2O6. The van der Waals surface area contributed by atoms with Gasteiger partial charge in [0.1, 0.15) is 41.9 Å². The van der Waals surface area contributed by atoms with Gasteiger partial charge >= 0.3 is 6.03 Å². The topological polar surface area (TPSA) is 94.2 Å². The van der Waals surface area contributed by atoms with E-state index >= 15 is 0 Å². The average Bonchev–Trinajstić information content (AvgIpc) is 2.99. The third-order valence-corrected chi connectivity index (χ3v) is 6.31. The number of anilines is 1. The van der Waals surface area contributed by atoms with Crippen LogP contribution in [0.2, 0.25) is 0 Å². The molecule has 4 aromatic carbocycles. The Morgan fingerprint density at radius 3 is 2.24 bits per heavy atom. The van der Waals surface area contributed by atoms with Gasteiger partial charge in [-0.2, -0.15) is 0 Å². The van der Waals surface area contributed by atoms with E-state index in [-0.39, 0.29) is 23.6 Å². The number of imide groups is 2. The Bertz CT molecular complexity index is 1620. The molecule has 1 heterocycles. The summed E-state index contributed by atoms with van der Waals surface area (Å²) in [5, 5.41) is 2.21. The third kappa shape index (κ3) is 6.25. The van der Waals surface area contributed by atoms with E-state index in [9.17, 15) is 18.8 Å². The number of barbiturate groups is 1. The van der Waals surface area contributed by atoms with Gasteiger partial charge in [-0.1, -0.05) is 48.5 Å². The molecule has 5 rings (SSSR count). The van der Waals surface area contributed by atoms with Gasteiger partial charge in [0.2, 0.25) is 0 Å². The van der Waals surface area contributed by atoms with Crippen molar-refractivity contribution >= 4 is 29.6 Å². The van der Waals surface area contributed by atoms with Gasteiger partial charge in [-0.3, -0.25) is 14.9 Å². The van der Waals surface area contributed by atoms with Crippen LogP contribution in [0.4, 0.5) is 14.9 Å². The van der Waals surface area contributed by atoms with E-state index < -0.39 is 23.7 Å². The highest BCUT2D eigenvalue weighted by molar-refractivity contribution is 6.39. The Balaban J connectivity index is 1.38. The number of benzene rings is 4. The van der Waals surface area contributed by atoms with E-state index in [0.717, 1.165) is 10.5 Å². The first-order chi connectivity index (χ1) is 19.9. The number of nitrogens with zero attached hydrogens (tertiary/aromatic N) is 1. The predicted octanol–water partition coefficient (Wildman–Crippen LogP) is 5.66. The molecule has 0 aromatic heterocycles. The maximum Gasteiger partial charge on any atom is 0.335 e. The van der Waals surface area contributed by atoms with Crippen LogP contribution in [0, 0.1) is 5.82 Å². The maximum atomic E-state index is 14.1. The number of hydrogen-bond acceptors (Lipinski definition) is 6. The molecule has 1 N–H and O–H groups in total. The number of amides is 4. The fourth-order valence-corrected chi connectivity index (χ4v) is 4.14. The molecule has 206 valence electrons. The van der Waals surface area contributed by atoms with Crippen LogP contribution in [-0.2, 0) is 22.8 Å². The number of ether oxygens (including phenoxy) is 3. The molecule has 0 radical (unpaired) electrons. The summed E-state index contributed by atoms with van der Waals surface area (Å²) in [5.74, 6) is -0.833. The van der Waals surface area contributed by atoms with Gasteiger partial charge in [-0.15, -0.1) is 0 Å². The summed E-state index contributed by atoms with van der Waals surface area (Å²) in [6, 6.07) is 26.1. The number of urea groups is 1. The van der Waals surface area contributed by atoms with Crippen molar-refractivity contribution in [2.24, 2.45) is 0 Å². The minimum absolute atomic E-state index is 0.0978. The Morgan fingerprint density at radius 2 is 1.51 bits per heavy atom. The number of nitrogens with one attached hydrogen (secondary N) is 1. The molecule has 1 aliphatic heterocycles. The highest BCUT2D eigenvalue weighted by Gasteiger charge is 2.37. The lowest BCUT2D eigenvalue weighted by Crippen LogP contribution is -2.54. The molecule has 1 aliphatic rings. The van der Waals surface area contributed by atoms with Crippen molar-refractivity contribution in [3.8, 4) is 17.2 Å². The van der Waals surface area contributed by atoms with Crippen molar-refractivity contribution in [1.29, 1.82) is 0 Å². The summed E-state index contributed by atoms with van der Waals surface area (Å²) in [7, 11) is 1.48. The van der Waals surface area contributed by atoms with E-state index in [1.54, 1.807) is 60.7 Å². The van der Waals surface area contributed by atoms with Gasteiger partial charge in [-0.25, -0.2) is 14.1 Å². The fourth-order valence-electron chi connectivity index (χ4n) is 4.14. The lowest BCUT2D eigenvalue weighted by Gasteiger charge is -2.26. The average molecular weight is 553 g/mol. The zero-order valence-corrected chi connectivity index (χ0v) is 22.0. The third-order valence-electron chi connectivity index (χ3n) is 6.31. The van der Waals surface area contributed by atoms with Crippen molar-refractivity contribution < 1.29 is 33.0 Å². The summed E-state index contributed by atoms with van der Waals surface area (Å²) in [6.07, 6.45) is 1.32. The van der Waals surface area contributed by atoms with Crippen molar-refractivity contribution in [3.05, 3.63) is 125 Å². The standard InChI is InChI=1S/C32H25FN2O6/c1-39-26-14-11-22(29(18-26)41-20-23-9-5-6-10-28(23)33)17-27-30(36)34-32(38)35(31(27)37)24-12-15-25(16-13-24)40-19-21-7-3-2-4-8-21/h2-18H,19-20H2,1H3,(H,34,36,38)/b27-17+. The predicted molar refractivity (Wildman–Crippen MR) is 150 cm³/mol. The molecule has 9 heteroatoms. The van der Waals surface area contributed by atoms with E-state index in [2.05, 4.69) is 5.32 Å². The summed E-state index contributed by atoms with van der Waals surface area (Å²) >= 11 is 0. The number of halogens is 1. The van der Waals surface area contributed by atoms with Crippen molar-refractivity contribution in [2.45, 2.75) is 13.2 Å². The summed E-state index contributed by atoms with van der Waals surface area (Å²) < 4.78 is 31.1. The van der Waals surface area contributed by atoms with Crippen LogP contribution in [0.3, 0.4) is 0 Å². The second-order valence-corrected chi connectivity index (χ2v) is 9.01. The summed E-state index contributed by atoms with van der Waals surface area (Å²) in [5.41, 5.74) is 1.65. The highest BCUT2D eigenvalue weighted by Crippen LogP contribution is 2.30. The minimum atomic E-state index is -0.874. The van der Waals surface area contributed by atoms with Gasteiger partial charge < -0.3 is 14.2 Å². The molecule has 0 aliphatic carbocycles. The van der Waals surface area contributed by atoms with Crippen molar-refractivity contribution in [2.75, 3.05) is 12.0 Å². The molecule has 4 aromatic rings. The van der Waals surface area contributed by atoms with E-state index in [0.29, 0.717) is 29.2 Å². The number of methoxy groups -OCH3 is 1. The number of hydrogen-bond donors (Lipinski definition) is 1. The Hall–Kier alpha value is -5.44. The molecule has 41 heavy (non-hydrogen) atoms. The van der Waals surface area contributed by atoms with Gasteiger partial charge in [0.15, 0.2) is 0 Å². The van der Waals surface area contributed by atoms with Crippen LogP contribution in [0.15, 0.2) is 103 Å². The smallest absolute Gasteiger partial charge is 0.335 e. The zero-order chi connectivity index (χ0) is 28.8. The van der Waals surface area contributed by atoms with E-state index in [1.165, 1.54) is 19.3 Å². The molecule has 1 fully saturated rings. The molecule has 8 nitrogen and oxygen atoms in total. The fraction of sp³-hybridized carbons (Fsp3) is 0.0938. The second kappa shape index (κ2) is 12.2. The normalized spacial score (nSPS) is 14.1. The van der Waals surface area contributed by atoms with E-state index in [4.69, 9.17) is 14.2 Å². The van der Waals surface area contributed by atoms with Gasteiger partial charge in [0.05, 0.1) is 12.8 Å². The number of carbonyl (C=O) groups is 3. The molecule has 0 spiro atoms. The second-order valence-electron chi connectivity index (χ2n) is 9.01. The van der Waals surface area contributed by atoms with Crippen LogP contribution in [0.1, 0.15) is 16.7 Å². The van der Waals surface area contributed by atoms with Crippen LogP contribution < -0.4 is 24.4 Å². The SMILES string of the molecule is COc1ccc(/C=C2\C(=O)NC(=O)N(c3ccc(OCc4ccccc4)cc3)C2=O)c(OCc2ccccc2F)c1. The molecule has 0 atom stereocenters. The summed E-state index contributed by atoms with van der Waals surface area (Å²) in [6.45, 7) is 0.257. The van der Waals surface area contributed by atoms with Crippen molar-refractivity contribution in [1.82, 2.24) is 5.32 Å². The number of carbonyl (C=O) groups excluding carboxylic acids is 3. The first-order valence-electron chi connectivity index (χ1n) is 12.7. The van der Waals surface area contributed by atoms with Crippen molar-refractivity contribution in [3.63, 3.8) is 0 Å². The lowest BCUT2D eigenvalue weighted by molar-refractivity contribution is -0.122. The Morgan fingerprint density at radius 1 is 0.805 bits per heavy atom. The van der Waals surface area contributed by atoms with Crippen LogP contribution in [0.5, 0.6) is 17.2 Å². The maximum absolute atomic E-state index is 14.1. The molecule has 1 saturated heterocycles. The summed E-state index contributed by atoms with van der Waals surface area (Å²) in [4.78, 5) is 39.7. The van der Waals surface area contributed by atoms with E-state index in [1.807, 2.05) is 30.3 Å². The van der Waals surface area contributed by atoms with Crippen LogP contribution >= 0.6 is 0 Å². The molecular weight excluding hydrogens is 527 g/mol. The largest absolute Gasteiger partial charge is 0.497 e. The van der Waals surface area contributed by atoms with Crippen LogP contribution in [0.25, 0.3) is 6.08 Å². The molecule has 4 amide bonds. The van der Waals surface area contributed by atoms with Crippen LogP contribution in [-0.4, -0.2) is 25.0 Å². The number of rotatable bonds is 9. The highest BCUT2D eigenvalue weighted by atomic mass is 19.1. The first kappa shape index (κ1) is 27.1.